The molecule has 0 aliphatic rings. The second kappa shape index (κ2) is 7.44. The Bertz CT molecular complexity index is 888. The molecule has 2 N–H and O–H groups in total. The molecule has 0 spiro atoms. The summed E-state index contributed by atoms with van der Waals surface area (Å²) in [6, 6.07) is 15.9. The van der Waals surface area contributed by atoms with Crippen LogP contribution >= 0.6 is 11.8 Å². The van der Waals surface area contributed by atoms with E-state index < -0.39 is 0 Å². The molecule has 5 nitrogen and oxygen atoms in total. The average molecular weight is 353 g/mol. The fourth-order valence-electron chi connectivity index (χ4n) is 2.58. The number of para-hydroxylation sites is 1. The van der Waals surface area contributed by atoms with Crippen molar-refractivity contribution in [1.82, 2.24) is 9.55 Å². The van der Waals surface area contributed by atoms with Gasteiger partial charge in [0.05, 0.1) is 30.4 Å². The van der Waals surface area contributed by atoms with E-state index in [1.165, 1.54) is 11.8 Å². The number of aryl methyl sites for hydroxylation is 1. The number of nitrogens with two attached hydrogens (primary N) is 1. The molecule has 0 bridgehead atoms. The van der Waals surface area contributed by atoms with E-state index >= 15 is 0 Å². The molecule has 0 fully saturated rings. The van der Waals surface area contributed by atoms with Crippen molar-refractivity contribution in [2.75, 3.05) is 12.9 Å². The Morgan fingerprint density at radius 3 is 2.56 bits per heavy atom. The molecule has 1 aromatic heterocycles. The molecule has 6 heteroatoms. The highest BCUT2D eigenvalue weighted by Gasteiger charge is 2.16. The molecule has 128 valence electrons. The lowest BCUT2D eigenvalue weighted by Gasteiger charge is -2.14. The molecule has 0 atom stereocenters. The molecule has 0 unspecified atom stereocenters. The topological polar surface area (TPSA) is 70.1 Å². The molecule has 1 amide bonds. The third-order valence-electron chi connectivity index (χ3n) is 3.82. The molecule has 1 heterocycles. The summed E-state index contributed by atoms with van der Waals surface area (Å²) in [5, 5.41) is 0.735. The number of nitrogens with zero attached hydrogens (tertiary/aromatic N) is 2. The SMILES string of the molecule is COc1ccc(-c2cnc(SCC(N)=O)n2-c2ccccc2C)cc1. The Kier molecular flexibility index (Phi) is 5.09. The van der Waals surface area contributed by atoms with Crippen LogP contribution in [0.1, 0.15) is 5.56 Å². The molecular weight excluding hydrogens is 334 g/mol. The van der Waals surface area contributed by atoms with E-state index in [9.17, 15) is 4.79 Å². The van der Waals surface area contributed by atoms with Gasteiger partial charge in [0.2, 0.25) is 5.91 Å². The molecule has 3 rings (SSSR count). The summed E-state index contributed by atoms with van der Waals surface area (Å²) in [7, 11) is 1.64. The predicted octanol–water partition coefficient (Wildman–Crippen LogP) is 3.43. The summed E-state index contributed by atoms with van der Waals surface area (Å²) in [6.07, 6.45) is 1.82. The second-order valence-corrected chi connectivity index (χ2v) is 6.47. The highest BCUT2D eigenvalue weighted by Crippen LogP contribution is 2.31. The van der Waals surface area contributed by atoms with Gasteiger partial charge in [-0.3, -0.25) is 9.36 Å². The fourth-order valence-corrected chi connectivity index (χ4v) is 3.31. The van der Waals surface area contributed by atoms with Crippen LogP contribution in [0.3, 0.4) is 0 Å². The molecular formula is C19H19N3O2S. The van der Waals surface area contributed by atoms with Crippen molar-refractivity contribution in [3.63, 3.8) is 0 Å². The Morgan fingerprint density at radius 2 is 1.92 bits per heavy atom. The first-order valence-electron chi connectivity index (χ1n) is 7.79. The molecule has 0 aliphatic carbocycles. The maximum absolute atomic E-state index is 11.2. The molecule has 0 saturated carbocycles. The van der Waals surface area contributed by atoms with Crippen molar-refractivity contribution in [1.29, 1.82) is 0 Å². The number of carbonyl (C=O) groups excluding carboxylic acids is 1. The third-order valence-corrected chi connectivity index (χ3v) is 4.79. The van der Waals surface area contributed by atoms with Gasteiger partial charge >= 0.3 is 0 Å². The van der Waals surface area contributed by atoms with Gasteiger partial charge in [-0.15, -0.1) is 0 Å². The molecule has 3 aromatic rings. The van der Waals surface area contributed by atoms with E-state index in [2.05, 4.69) is 22.5 Å². The van der Waals surface area contributed by atoms with Gasteiger partial charge in [-0.25, -0.2) is 4.98 Å². The third kappa shape index (κ3) is 3.69. The van der Waals surface area contributed by atoms with Gasteiger partial charge in [0.15, 0.2) is 5.16 Å². The molecule has 25 heavy (non-hydrogen) atoms. The van der Waals surface area contributed by atoms with Gasteiger partial charge in [-0.05, 0) is 42.8 Å². The number of hydrogen-bond acceptors (Lipinski definition) is 4. The number of imidazole rings is 1. The summed E-state index contributed by atoms with van der Waals surface area (Å²) in [5.41, 5.74) is 9.41. The Labute approximate surface area is 150 Å². The van der Waals surface area contributed by atoms with Crippen molar-refractivity contribution in [2.45, 2.75) is 12.1 Å². The zero-order valence-electron chi connectivity index (χ0n) is 14.1. The number of benzene rings is 2. The Balaban J connectivity index is 2.11. The quantitative estimate of drug-likeness (QED) is 0.689. The number of ether oxygens (including phenoxy) is 1. The van der Waals surface area contributed by atoms with E-state index in [-0.39, 0.29) is 11.7 Å². The van der Waals surface area contributed by atoms with Crippen molar-refractivity contribution >= 4 is 17.7 Å². The summed E-state index contributed by atoms with van der Waals surface area (Å²) in [4.78, 5) is 15.7. The second-order valence-electron chi connectivity index (χ2n) is 5.53. The monoisotopic (exact) mass is 353 g/mol. The lowest BCUT2D eigenvalue weighted by atomic mass is 10.1. The van der Waals surface area contributed by atoms with Crippen LogP contribution in [0, 0.1) is 6.92 Å². The van der Waals surface area contributed by atoms with E-state index in [0.717, 1.165) is 33.4 Å². The van der Waals surface area contributed by atoms with Crippen molar-refractivity contribution < 1.29 is 9.53 Å². The number of thioether (sulfide) groups is 1. The van der Waals surface area contributed by atoms with Gasteiger partial charge in [0.25, 0.3) is 0 Å². The lowest BCUT2D eigenvalue weighted by molar-refractivity contribution is -0.115. The number of rotatable bonds is 6. The number of hydrogen-bond donors (Lipinski definition) is 1. The number of amides is 1. The molecule has 2 aromatic carbocycles. The Hall–Kier alpha value is -2.73. The normalized spacial score (nSPS) is 10.6. The number of aromatic nitrogens is 2. The average Bonchev–Trinajstić information content (AvgIpc) is 3.04. The summed E-state index contributed by atoms with van der Waals surface area (Å²) < 4.78 is 7.29. The van der Waals surface area contributed by atoms with Crippen LogP contribution in [0.15, 0.2) is 59.9 Å². The predicted molar refractivity (Wildman–Crippen MR) is 100 cm³/mol. The highest BCUT2D eigenvalue weighted by molar-refractivity contribution is 7.99. The first kappa shape index (κ1) is 17.1. The van der Waals surface area contributed by atoms with E-state index in [1.807, 2.05) is 48.7 Å². The number of methoxy groups -OCH3 is 1. The van der Waals surface area contributed by atoms with Crippen molar-refractivity contribution in [3.8, 4) is 22.7 Å². The standard InChI is InChI=1S/C19H19N3O2S/c1-13-5-3-4-6-16(13)22-17(11-21-19(22)25-12-18(20)23)14-7-9-15(24-2)10-8-14/h3-11H,12H2,1-2H3,(H2,20,23). The van der Waals surface area contributed by atoms with Crippen molar-refractivity contribution in [3.05, 3.63) is 60.3 Å². The minimum absolute atomic E-state index is 0.185. The van der Waals surface area contributed by atoms with E-state index in [1.54, 1.807) is 7.11 Å². The fraction of sp³-hybridized carbons (Fsp3) is 0.158. The van der Waals surface area contributed by atoms with Crippen LogP contribution in [0.25, 0.3) is 16.9 Å². The molecule has 0 aliphatic heterocycles. The first-order chi connectivity index (χ1) is 12.1. The van der Waals surface area contributed by atoms with E-state index in [4.69, 9.17) is 10.5 Å². The van der Waals surface area contributed by atoms with Gasteiger partial charge in [-0.2, -0.15) is 0 Å². The largest absolute Gasteiger partial charge is 0.497 e. The van der Waals surface area contributed by atoms with Gasteiger partial charge in [-0.1, -0.05) is 30.0 Å². The minimum Gasteiger partial charge on any atom is -0.497 e. The van der Waals surface area contributed by atoms with Gasteiger partial charge in [0.1, 0.15) is 5.75 Å². The minimum atomic E-state index is -0.365. The van der Waals surface area contributed by atoms with Gasteiger partial charge in [0, 0.05) is 5.56 Å². The number of carbonyl (C=O) groups is 1. The number of primary amides is 1. The van der Waals surface area contributed by atoms with Crippen LogP contribution in [-0.2, 0) is 4.79 Å². The molecule has 0 radical (unpaired) electrons. The summed E-state index contributed by atoms with van der Waals surface area (Å²) in [6.45, 7) is 2.05. The van der Waals surface area contributed by atoms with Crippen LogP contribution < -0.4 is 10.5 Å². The highest BCUT2D eigenvalue weighted by atomic mass is 32.2. The lowest BCUT2D eigenvalue weighted by Crippen LogP contribution is -2.13. The summed E-state index contributed by atoms with van der Waals surface area (Å²) in [5.74, 6) is 0.620. The Morgan fingerprint density at radius 1 is 1.20 bits per heavy atom. The maximum Gasteiger partial charge on any atom is 0.227 e. The molecule has 0 saturated heterocycles. The van der Waals surface area contributed by atoms with Crippen LogP contribution in [0.4, 0.5) is 0 Å². The van der Waals surface area contributed by atoms with Crippen LogP contribution in [-0.4, -0.2) is 28.3 Å². The summed E-state index contributed by atoms with van der Waals surface area (Å²) >= 11 is 1.33. The maximum atomic E-state index is 11.2. The van der Waals surface area contributed by atoms with Crippen molar-refractivity contribution in [2.24, 2.45) is 5.73 Å². The smallest absolute Gasteiger partial charge is 0.227 e. The van der Waals surface area contributed by atoms with Crippen LogP contribution in [0.2, 0.25) is 0 Å². The van der Waals surface area contributed by atoms with Crippen LogP contribution in [0.5, 0.6) is 5.75 Å². The van der Waals surface area contributed by atoms with Gasteiger partial charge < -0.3 is 10.5 Å². The zero-order chi connectivity index (χ0) is 17.8. The zero-order valence-corrected chi connectivity index (χ0v) is 14.9. The first-order valence-corrected chi connectivity index (χ1v) is 8.78. The van der Waals surface area contributed by atoms with E-state index in [0.29, 0.717) is 0 Å².